The van der Waals surface area contributed by atoms with Crippen LogP contribution in [-0.4, -0.2) is 37.2 Å². The summed E-state index contributed by atoms with van der Waals surface area (Å²) in [5.74, 6) is -0.895. The zero-order chi connectivity index (χ0) is 34.5. The third kappa shape index (κ3) is 35.3. The average molecular weight is 665 g/mol. The molecule has 0 aliphatic heterocycles. The summed E-state index contributed by atoms with van der Waals surface area (Å²) in [7, 11) is 0. The molecule has 0 N–H and O–H groups in total. The van der Waals surface area contributed by atoms with E-state index >= 15 is 0 Å². The number of carbonyl (C=O) groups excluding carboxylic acids is 3. The Balaban J connectivity index is 4.14. The van der Waals surface area contributed by atoms with E-state index in [1.165, 1.54) is 109 Å². The van der Waals surface area contributed by atoms with E-state index in [-0.39, 0.29) is 31.1 Å². The van der Waals surface area contributed by atoms with Gasteiger partial charge < -0.3 is 14.2 Å². The normalized spacial score (nSPS) is 12.0. The lowest BCUT2D eigenvalue weighted by Crippen LogP contribution is -2.30. The maximum atomic E-state index is 12.5. The maximum Gasteiger partial charge on any atom is 0.306 e. The molecule has 1 unspecified atom stereocenters. The molecule has 0 bridgehead atoms. The molecule has 6 nitrogen and oxygen atoms in total. The first-order valence-corrected chi connectivity index (χ1v) is 20.2. The van der Waals surface area contributed by atoms with Gasteiger partial charge in [-0.25, -0.2) is 0 Å². The van der Waals surface area contributed by atoms with Crippen LogP contribution in [0.3, 0.4) is 0 Å². The minimum atomic E-state index is -0.759. The van der Waals surface area contributed by atoms with Crippen molar-refractivity contribution in [3.63, 3.8) is 0 Å². The number of ether oxygens (including phenoxy) is 3. The SMILES string of the molecule is CCCCCCCC/C=C\CCCCCCCCCC(=O)OCC(COC(=O)CCCCCCC)OC(=O)CCCCCCCCC. The Labute approximate surface area is 290 Å². The number of rotatable bonds is 36. The van der Waals surface area contributed by atoms with Gasteiger partial charge in [-0.3, -0.25) is 14.4 Å². The molecule has 0 saturated carbocycles. The van der Waals surface area contributed by atoms with E-state index in [1.54, 1.807) is 0 Å². The van der Waals surface area contributed by atoms with Crippen molar-refractivity contribution >= 4 is 17.9 Å². The molecule has 276 valence electrons. The molecule has 6 heteroatoms. The van der Waals surface area contributed by atoms with Gasteiger partial charge in [-0.2, -0.15) is 0 Å². The standard InChI is InChI=1S/C41H76O6/c1-4-7-10-13-15-16-17-18-19-20-21-22-23-24-26-28-31-34-40(43)46-37-38(36-45-39(42)33-30-27-12-9-6-3)47-41(44)35-32-29-25-14-11-8-5-2/h18-19,38H,4-17,20-37H2,1-3H3/b19-18-. The quantitative estimate of drug-likeness (QED) is 0.0287. The molecular weight excluding hydrogens is 588 g/mol. The molecule has 1 atom stereocenters. The van der Waals surface area contributed by atoms with Crippen molar-refractivity contribution in [3.05, 3.63) is 12.2 Å². The van der Waals surface area contributed by atoms with Gasteiger partial charge in [0, 0.05) is 19.3 Å². The summed E-state index contributed by atoms with van der Waals surface area (Å²) < 4.78 is 16.5. The van der Waals surface area contributed by atoms with E-state index < -0.39 is 6.10 Å². The van der Waals surface area contributed by atoms with Crippen LogP contribution < -0.4 is 0 Å². The fourth-order valence-electron chi connectivity index (χ4n) is 5.67. The van der Waals surface area contributed by atoms with Crippen LogP contribution in [-0.2, 0) is 28.6 Å². The van der Waals surface area contributed by atoms with Gasteiger partial charge in [-0.15, -0.1) is 0 Å². The molecule has 0 heterocycles. The molecule has 0 spiro atoms. The summed E-state index contributed by atoms with van der Waals surface area (Å²) in [6, 6.07) is 0. The van der Waals surface area contributed by atoms with Crippen molar-refractivity contribution in [2.75, 3.05) is 13.2 Å². The van der Waals surface area contributed by atoms with E-state index in [4.69, 9.17) is 14.2 Å². The van der Waals surface area contributed by atoms with Gasteiger partial charge in [0.25, 0.3) is 0 Å². The fraction of sp³-hybridized carbons (Fsp3) is 0.878. The highest BCUT2D eigenvalue weighted by molar-refractivity contribution is 5.71. The van der Waals surface area contributed by atoms with Crippen molar-refractivity contribution in [1.29, 1.82) is 0 Å². The molecule has 0 aromatic rings. The van der Waals surface area contributed by atoms with E-state index in [1.807, 2.05) is 0 Å². The molecule has 0 rings (SSSR count). The number of hydrogen-bond acceptors (Lipinski definition) is 6. The van der Waals surface area contributed by atoms with E-state index in [0.29, 0.717) is 19.3 Å². The summed E-state index contributed by atoms with van der Waals surface area (Å²) in [4.78, 5) is 37.1. The van der Waals surface area contributed by atoms with Crippen molar-refractivity contribution < 1.29 is 28.6 Å². The highest BCUT2D eigenvalue weighted by atomic mass is 16.6. The van der Waals surface area contributed by atoms with Crippen LogP contribution in [0.25, 0.3) is 0 Å². The van der Waals surface area contributed by atoms with Gasteiger partial charge >= 0.3 is 17.9 Å². The van der Waals surface area contributed by atoms with Gasteiger partial charge in [0.1, 0.15) is 13.2 Å². The van der Waals surface area contributed by atoms with Crippen molar-refractivity contribution in [3.8, 4) is 0 Å². The second kappa shape index (κ2) is 37.0. The van der Waals surface area contributed by atoms with Gasteiger partial charge in [0.2, 0.25) is 0 Å². The molecule has 0 aromatic carbocycles. The Morgan fingerprint density at radius 2 is 0.702 bits per heavy atom. The Morgan fingerprint density at radius 1 is 0.404 bits per heavy atom. The van der Waals surface area contributed by atoms with Crippen LogP contribution in [0.1, 0.15) is 213 Å². The van der Waals surface area contributed by atoms with Gasteiger partial charge in [-0.05, 0) is 44.9 Å². The van der Waals surface area contributed by atoms with E-state index in [9.17, 15) is 14.4 Å². The minimum absolute atomic E-state index is 0.0707. The molecule has 0 amide bonds. The summed E-state index contributed by atoms with van der Waals surface area (Å²) in [5.41, 5.74) is 0. The first-order valence-electron chi connectivity index (χ1n) is 20.2. The zero-order valence-electron chi connectivity index (χ0n) is 31.3. The van der Waals surface area contributed by atoms with Crippen LogP contribution in [0, 0.1) is 0 Å². The Bertz CT molecular complexity index is 733. The van der Waals surface area contributed by atoms with Crippen LogP contribution in [0.4, 0.5) is 0 Å². The predicted molar refractivity (Wildman–Crippen MR) is 196 cm³/mol. The second-order valence-corrected chi connectivity index (χ2v) is 13.6. The van der Waals surface area contributed by atoms with Crippen LogP contribution in [0.15, 0.2) is 12.2 Å². The fourth-order valence-corrected chi connectivity index (χ4v) is 5.67. The van der Waals surface area contributed by atoms with Crippen molar-refractivity contribution in [2.24, 2.45) is 0 Å². The molecule has 0 saturated heterocycles. The highest BCUT2D eigenvalue weighted by Gasteiger charge is 2.19. The predicted octanol–water partition coefficient (Wildman–Crippen LogP) is 12.3. The number of unbranched alkanes of at least 4 members (excludes halogenated alkanes) is 23. The molecule has 0 aromatic heterocycles. The lowest BCUT2D eigenvalue weighted by Gasteiger charge is -2.18. The van der Waals surface area contributed by atoms with E-state index in [2.05, 4.69) is 32.9 Å². The lowest BCUT2D eigenvalue weighted by atomic mass is 10.1. The molecular formula is C41H76O6. The smallest absolute Gasteiger partial charge is 0.306 e. The summed E-state index contributed by atoms with van der Waals surface area (Å²) in [6.45, 7) is 6.49. The summed E-state index contributed by atoms with van der Waals surface area (Å²) >= 11 is 0. The number of allylic oxidation sites excluding steroid dienone is 2. The topological polar surface area (TPSA) is 78.9 Å². The maximum absolute atomic E-state index is 12.5. The lowest BCUT2D eigenvalue weighted by molar-refractivity contribution is -0.167. The minimum Gasteiger partial charge on any atom is -0.462 e. The Morgan fingerprint density at radius 3 is 1.06 bits per heavy atom. The number of hydrogen-bond donors (Lipinski definition) is 0. The molecule has 0 radical (unpaired) electrons. The zero-order valence-corrected chi connectivity index (χ0v) is 31.3. The van der Waals surface area contributed by atoms with E-state index in [0.717, 1.165) is 64.2 Å². The molecule has 0 fully saturated rings. The third-order valence-electron chi connectivity index (χ3n) is 8.77. The summed E-state index contributed by atoms with van der Waals surface area (Å²) in [5, 5.41) is 0. The molecule has 0 aliphatic carbocycles. The van der Waals surface area contributed by atoms with Gasteiger partial charge in [-0.1, -0.05) is 161 Å². The molecule has 0 aliphatic rings. The van der Waals surface area contributed by atoms with Gasteiger partial charge in [0.15, 0.2) is 6.10 Å². The average Bonchev–Trinajstić information content (AvgIpc) is 3.06. The van der Waals surface area contributed by atoms with Gasteiger partial charge in [0.05, 0.1) is 0 Å². The largest absolute Gasteiger partial charge is 0.462 e. The third-order valence-corrected chi connectivity index (χ3v) is 8.77. The van der Waals surface area contributed by atoms with Crippen LogP contribution in [0.2, 0.25) is 0 Å². The Hall–Kier alpha value is -1.85. The first kappa shape index (κ1) is 45.2. The second-order valence-electron chi connectivity index (χ2n) is 13.6. The molecule has 47 heavy (non-hydrogen) atoms. The van der Waals surface area contributed by atoms with Crippen LogP contribution >= 0.6 is 0 Å². The first-order chi connectivity index (χ1) is 23.0. The monoisotopic (exact) mass is 665 g/mol. The van der Waals surface area contributed by atoms with Crippen molar-refractivity contribution in [2.45, 2.75) is 219 Å². The number of carbonyl (C=O) groups is 3. The highest BCUT2D eigenvalue weighted by Crippen LogP contribution is 2.13. The van der Waals surface area contributed by atoms with Crippen LogP contribution in [0.5, 0.6) is 0 Å². The number of esters is 3. The summed E-state index contributed by atoms with van der Waals surface area (Å²) in [6.07, 6.45) is 36.6. The Kier molecular flexibility index (Phi) is 35.5. The van der Waals surface area contributed by atoms with Crippen molar-refractivity contribution in [1.82, 2.24) is 0 Å².